The molecule has 5 aliphatic rings. The molecule has 0 unspecified atom stereocenters. The van der Waals surface area contributed by atoms with Crippen molar-refractivity contribution in [3.05, 3.63) is 59.2 Å². The van der Waals surface area contributed by atoms with Crippen LogP contribution in [0.15, 0.2) is 42.5 Å². The fourth-order valence-corrected chi connectivity index (χ4v) is 10.4. The average Bonchev–Trinajstić information content (AvgIpc) is 3.63. The Labute approximate surface area is 231 Å². The summed E-state index contributed by atoms with van der Waals surface area (Å²) in [6.45, 7) is 6.35. The first-order chi connectivity index (χ1) is 18.6. The maximum absolute atomic E-state index is 14.1. The maximum Gasteiger partial charge on any atom is 0.218 e. The van der Waals surface area contributed by atoms with E-state index in [2.05, 4.69) is 4.90 Å². The van der Waals surface area contributed by atoms with E-state index in [4.69, 9.17) is 4.74 Å². The average molecular weight is 553 g/mol. The summed E-state index contributed by atoms with van der Waals surface area (Å²) in [4.78, 5) is 2.51. The summed E-state index contributed by atoms with van der Waals surface area (Å²) in [6, 6.07) is 12.6. The lowest BCUT2D eigenvalue weighted by Crippen LogP contribution is -2.78. The van der Waals surface area contributed by atoms with Gasteiger partial charge in [0.1, 0.15) is 6.10 Å². The van der Waals surface area contributed by atoms with Gasteiger partial charge in [-0.2, -0.15) is 4.31 Å². The van der Waals surface area contributed by atoms with Gasteiger partial charge in [0, 0.05) is 24.7 Å². The molecule has 5 atom stereocenters. The van der Waals surface area contributed by atoms with Crippen LogP contribution < -0.4 is 4.74 Å². The summed E-state index contributed by atoms with van der Waals surface area (Å²) in [5, 5.41) is 23.7. The lowest BCUT2D eigenvalue weighted by atomic mass is 9.48. The van der Waals surface area contributed by atoms with Gasteiger partial charge < -0.3 is 14.9 Å². The van der Waals surface area contributed by atoms with Crippen molar-refractivity contribution in [2.24, 2.45) is 11.8 Å². The molecule has 1 spiro atoms. The van der Waals surface area contributed by atoms with E-state index in [-0.39, 0.29) is 23.5 Å². The van der Waals surface area contributed by atoms with Crippen molar-refractivity contribution in [1.82, 2.24) is 9.21 Å². The second kappa shape index (κ2) is 8.93. The van der Waals surface area contributed by atoms with Crippen LogP contribution in [0, 0.1) is 11.8 Å². The molecule has 39 heavy (non-hydrogen) atoms. The zero-order chi connectivity index (χ0) is 27.2. The predicted octanol–water partition coefficient (Wildman–Crippen LogP) is 3.81. The highest BCUT2D eigenvalue weighted by Crippen LogP contribution is 2.66. The number of hydrogen-bond donors (Lipinski definition) is 2. The van der Waals surface area contributed by atoms with Gasteiger partial charge in [-0.15, -0.1) is 0 Å². The van der Waals surface area contributed by atoms with Gasteiger partial charge in [-0.1, -0.05) is 50.2 Å². The van der Waals surface area contributed by atoms with Crippen LogP contribution in [0.3, 0.4) is 0 Å². The van der Waals surface area contributed by atoms with Crippen LogP contribution in [0.4, 0.5) is 0 Å². The molecule has 2 aliphatic heterocycles. The minimum absolute atomic E-state index is 0.0265. The van der Waals surface area contributed by atoms with Crippen LogP contribution in [-0.2, 0) is 27.6 Å². The van der Waals surface area contributed by atoms with Crippen molar-refractivity contribution in [3.63, 3.8) is 0 Å². The lowest BCUT2D eigenvalue weighted by Gasteiger charge is -2.64. The summed E-state index contributed by atoms with van der Waals surface area (Å²) in [6.07, 6.45) is 4.46. The van der Waals surface area contributed by atoms with Crippen molar-refractivity contribution in [2.45, 2.75) is 87.3 Å². The van der Waals surface area contributed by atoms with Crippen LogP contribution in [0.2, 0.25) is 0 Å². The fraction of sp³-hybridized carbons (Fsp3) is 0.613. The molecule has 0 aromatic heterocycles. The van der Waals surface area contributed by atoms with Gasteiger partial charge in [-0.05, 0) is 74.1 Å². The van der Waals surface area contributed by atoms with Crippen molar-refractivity contribution in [1.29, 1.82) is 0 Å². The number of aromatic hydroxyl groups is 1. The Morgan fingerprint density at radius 2 is 1.87 bits per heavy atom. The van der Waals surface area contributed by atoms with E-state index < -0.39 is 33.2 Å². The van der Waals surface area contributed by atoms with Crippen molar-refractivity contribution in [3.8, 4) is 11.5 Å². The molecule has 1 saturated heterocycles. The Morgan fingerprint density at radius 3 is 2.59 bits per heavy atom. The van der Waals surface area contributed by atoms with Gasteiger partial charge in [-0.3, -0.25) is 4.90 Å². The molecule has 3 fully saturated rings. The van der Waals surface area contributed by atoms with Crippen LogP contribution >= 0.6 is 0 Å². The molecular weight excluding hydrogens is 512 g/mol. The smallest absolute Gasteiger partial charge is 0.218 e. The standard InChI is InChI=1S/C31H40N2O5S/c1-20(2)17-33(39(36,37)19-22-6-4-3-5-7-22)24-12-13-31(35)26-16-23-10-11-25(34)28-27(23)30(31,29(24)38-28)14-15-32(26)18-21-8-9-21/h3-7,10-11,20-21,24,26,29,34-35H,8-9,12-19H2,1-2H3/t24-,26+,29-,30-,31+/m0/s1. The summed E-state index contributed by atoms with van der Waals surface area (Å²) >= 11 is 0. The summed E-state index contributed by atoms with van der Waals surface area (Å²) in [5.74, 6) is 1.32. The molecule has 7 nitrogen and oxygen atoms in total. The first-order valence-electron chi connectivity index (χ1n) is 14.7. The van der Waals surface area contributed by atoms with Gasteiger partial charge in [0.2, 0.25) is 10.0 Å². The molecule has 2 N–H and O–H groups in total. The van der Waals surface area contributed by atoms with Gasteiger partial charge in [0.05, 0.1) is 22.8 Å². The number of piperidine rings is 1. The molecule has 3 aliphatic carbocycles. The van der Waals surface area contributed by atoms with Crippen LogP contribution in [-0.4, -0.2) is 71.3 Å². The monoisotopic (exact) mass is 552 g/mol. The summed E-state index contributed by atoms with van der Waals surface area (Å²) in [7, 11) is -3.69. The number of likely N-dealkylation sites (tertiary alicyclic amines) is 1. The number of phenolic OH excluding ortho intramolecular Hbond substituents is 1. The van der Waals surface area contributed by atoms with E-state index >= 15 is 0 Å². The molecular formula is C31H40N2O5S. The topological polar surface area (TPSA) is 90.3 Å². The minimum atomic E-state index is -3.69. The fourth-order valence-electron chi connectivity index (χ4n) is 8.43. The number of ether oxygens (including phenoxy) is 1. The molecule has 2 heterocycles. The normalized spacial score (nSPS) is 33.3. The van der Waals surface area contributed by atoms with Gasteiger partial charge >= 0.3 is 0 Å². The van der Waals surface area contributed by atoms with Gasteiger partial charge in [0.15, 0.2) is 11.5 Å². The first-order valence-corrected chi connectivity index (χ1v) is 16.3. The SMILES string of the molecule is CC(C)CN([C@H]1CC[C@@]2(O)[C@H]3Cc4ccc(O)c5c4[C@@]2(CCN3CC2CC2)[C@H]1O5)S(=O)(=O)Cc1ccccc1. The van der Waals surface area contributed by atoms with E-state index in [1.807, 2.05) is 50.2 Å². The number of nitrogens with zero attached hydrogens (tertiary/aromatic N) is 2. The number of hydrogen-bond acceptors (Lipinski definition) is 6. The number of phenols is 1. The molecule has 0 radical (unpaired) electrons. The molecule has 7 rings (SSSR count). The van der Waals surface area contributed by atoms with Crippen LogP contribution in [0.25, 0.3) is 0 Å². The Hall–Kier alpha value is -2.13. The quantitative estimate of drug-likeness (QED) is 0.518. The lowest BCUT2D eigenvalue weighted by molar-refractivity contribution is -0.196. The summed E-state index contributed by atoms with van der Waals surface area (Å²) < 4.78 is 36.6. The Balaban J connectivity index is 1.33. The third kappa shape index (κ3) is 3.81. The maximum atomic E-state index is 14.1. The Morgan fingerprint density at radius 1 is 1.10 bits per heavy atom. The van der Waals surface area contributed by atoms with Gasteiger partial charge in [0.25, 0.3) is 0 Å². The van der Waals surface area contributed by atoms with Gasteiger partial charge in [-0.25, -0.2) is 8.42 Å². The van der Waals surface area contributed by atoms with E-state index in [1.165, 1.54) is 12.8 Å². The second-order valence-corrected chi connectivity index (χ2v) is 15.0. The number of rotatable bonds is 8. The van der Waals surface area contributed by atoms with E-state index in [1.54, 1.807) is 10.4 Å². The predicted molar refractivity (Wildman–Crippen MR) is 149 cm³/mol. The molecule has 2 aromatic rings. The number of benzene rings is 2. The highest BCUT2D eigenvalue weighted by atomic mass is 32.2. The summed E-state index contributed by atoms with van der Waals surface area (Å²) in [5.41, 5.74) is 1.06. The molecule has 2 bridgehead atoms. The van der Waals surface area contributed by atoms with E-state index in [0.717, 1.165) is 42.1 Å². The second-order valence-electron chi connectivity index (χ2n) is 13.1. The number of sulfonamides is 1. The molecule has 2 saturated carbocycles. The highest BCUT2D eigenvalue weighted by Gasteiger charge is 2.73. The van der Waals surface area contributed by atoms with E-state index in [9.17, 15) is 18.6 Å². The van der Waals surface area contributed by atoms with E-state index in [0.29, 0.717) is 31.6 Å². The zero-order valence-corrected chi connectivity index (χ0v) is 23.7. The molecule has 0 amide bonds. The Kier molecular flexibility index (Phi) is 5.91. The van der Waals surface area contributed by atoms with Crippen molar-refractivity contribution < 1.29 is 23.4 Å². The van der Waals surface area contributed by atoms with Crippen molar-refractivity contribution >= 4 is 10.0 Å². The Bertz CT molecular complexity index is 1380. The molecule has 210 valence electrons. The van der Waals surface area contributed by atoms with Crippen molar-refractivity contribution in [2.75, 3.05) is 19.6 Å². The van der Waals surface area contributed by atoms with Crippen LogP contribution in [0.5, 0.6) is 11.5 Å². The van der Waals surface area contributed by atoms with Crippen LogP contribution in [0.1, 0.15) is 62.6 Å². The largest absolute Gasteiger partial charge is 0.504 e. The third-order valence-electron chi connectivity index (χ3n) is 10.2. The molecule has 8 heteroatoms. The minimum Gasteiger partial charge on any atom is -0.504 e. The number of aliphatic hydroxyl groups is 1. The highest BCUT2D eigenvalue weighted by molar-refractivity contribution is 7.88. The third-order valence-corrected chi connectivity index (χ3v) is 12.0. The molecule has 2 aromatic carbocycles. The first kappa shape index (κ1) is 25.8. The zero-order valence-electron chi connectivity index (χ0n) is 22.9.